The number of rotatable bonds is 4. The Bertz CT molecular complexity index is 421. The van der Waals surface area contributed by atoms with E-state index in [0.29, 0.717) is 32.4 Å². The van der Waals surface area contributed by atoms with E-state index in [9.17, 15) is 14.4 Å². The smallest absolute Gasteiger partial charge is 0.407 e. The van der Waals surface area contributed by atoms with Crippen molar-refractivity contribution in [2.75, 3.05) is 26.7 Å². The van der Waals surface area contributed by atoms with Gasteiger partial charge in [0.1, 0.15) is 0 Å². The highest BCUT2D eigenvalue weighted by atomic mass is 16.5. The van der Waals surface area contributed by atoms with Crippen LogP contribution in [0, 0.1) is 5.41 Å². The molecule has 0 spiro atoms. The molecule has 2 aliphatic rings. The number of carbonyl (C=O) groups is 3. The van der Waals surface area contributed by atoms with Crippen molar-refractivity contribution < 1.29 is 24.2 Å². The molecule has 0 aromatic heterocycles. The van der Waals surface area contributed by atoms with E-state index in [0.717, 1.165) is 0 Å². The van der Waals surface area contributed by atoms with Gasteiger partial charge in [-0.25, -0.2) is 9.59 Å². The zero-order chi connectivity index (χ0) is 14.8. The number of aliphatic carboxylic acids is 1. The Morgan fingerprint density at radius 1 is 1.40 bits per heavy atom. The predicted octanol–water partition coefficient (Wildman–Crippen LogP) is -0.00890. The summed E-state index contributed by atoms with van der Waals surface area (Å²) in [7, 11) is 1.29. The average Bonchev–Trinajstić information content (AvgIpc) is 3.09. The van der Waals surface area contributed by atoms with Crippen LogP contribution in [0.5, 0.6) is 0 Å². The van der Waals surface area contributed by atoms with Gasteiger partial charge in [0.25, 0.3) is 0 Å². The van der Waals surface area contributed by atoms with E-state index in [1.807, 2.05) is 0 Å². The van der Waals surface area contributed by atoms with E-state index in [1.54, 1.807) is 4.90 Å². The standard InChI is InChI=1S/C12H19N3O5/c1-20-11(19)14-8-2-5-15(6-8)10(18)13-7-12(3-4-12)9(16)17/h8H,2-7H2,1H3,(H,13,18)(H,14,19)(H,16,17). The molecule has 0 bridgehead atoms. The highest BCUT2D eigenvalue weighted by molar-refractivity contribution is 5.80. The van der Waals surface area contributed by atoms with Crippen molar-refractivity contribution in [1.29, 1.82) is 0 Å². The quantitative estimate of drug-likeness (QED) is 0.673. The lowest BCUT2D eigenvalue weighted by Gasteiger charge is -2.19. The summed E-state index contributed by atoms with van der Waals surface area (Å²) in [6.45, 7) is 1.09. The highest BCUT2D eigenvalue weighted by Crippen LogP contribution is 2.45. The minimum atomic E-state index is -0.857. The summed E-state index contributed by atoms with van der Waals surface area (Å²) in [5.41, 5.74) is -0.765. The van der Waals surface area contributed by atoms with Crippen molar-refractivity contribution in [2.24, 2.45) is 5.41 Å². The number of carboxylic acid groups (broad SMARTS) is 1. The second-order valence-corrected chi connectivity index (χ2v) is 5.31. The number of urea groups is 1. The molecule has 1 atom stereocenters. The number of ether oxygens (including phenoxy) is 1. The minimum absolute atomic E-state index is 0.123. The van der Waals surface area contributed by atoms with Crippen molar-refractivity contribution >= 4 is 18.1 Å². The third-order valence-corrected chi connectivity index (χ3v) is 3.87. The van der Waals surface area contributed by atoms with E-state index in [4.69, 9.17) is 5.11 Å². The van der Waals surface area contributed by atoms with Gasteiger partial charge in [-0.2, -0.15) is 0 Å². The number of amides is 3. The van der Waals surface area contributed by atoms with Crippen molar-refractivity contribution in [3.05, 3.63) is 0 Å². The largest absolute Gasteiger partial charge is 0.481 e. The van der Waals surface area contributed by atoms with Gasteiger partial charge in [-0.05, 0) is 19.3 Å². The van der Waals surface area contributed by atoms with Crippen LogP contribution in [0.4, 0.5) is 9.59 Å². The number of carbonyl (C=O) groups excluding carboxylic acids is 2. The van der Waals surface area contributed by atoms with E-state index in [2.05, 4.69) is 15.4 Å². The fourth-order valence-electron chi connectivity index (χ4n) is 2.26. The monoisotopic (exact) mass is 285 g/mol. The van der Waals surface area contributed by atoms with Crippen LogP contribution in [-0.2, 0) is 9.53 Å². The maximum atomic E-state index is 11.9. The average molecular weight is 285 g/mol. The maximum absolute atomic E-state index is 11.9. The first-order valence-corrected chi connectivity index (χ1v) is 6.57. The molecule has 1 aliphatic heterocycles. The van der Waals surface area contributed by atoms with Crippen LogP contribution in [-0.4, -0.2) is 60.9 Å². The molecule has 1 unspecified atom stereocenters. The molecule has 8 heteroatoms. The van der Waals surface area contributed by atoms with Crippen molar-refractivity contribution in [2.45, 2.75) is 25.3 Å². The summed E-state index contributed by atoms with van der Waals surface area (Å²) >= 11 is 0. The molecular weight excluding hydrogens is 266 g/mol. The number of likely N-dealkylation sites (tertiary alicyclic amines) is 1. The Morgan fingerprint density at radius 2 is 2.10 bits per heavy atom. The Hall–Kier alpha value is -1.99. The van der Waals surface area contributed by atoms with Crippen molar-refractivity contribution in [3.8, 4) is 0 Å². The molecule has 20 heavy (non-hydrogen) atoms. The van der Waals surface area contributed by atoms with E-state index < -0.39 is 17.5 Å². The number of carboxylic acids is 1. The second-order valence-electron chi connectivity index (χ2n) is 5.31. The van der Waals surface area contributed by atoms with Gasteiger partial charge in [-0.15, -0.1) is 0 Å². The number of hydrogen-bond donors (Lipinski definition) is 3. The number of hydrogen-bond acceptors (Lipinski definition) is 4. The van der Waals surface area contributed by atoms with Gasteiger partial charge in [0.05, 0.1) is 18.6 Å². The molecule has 2 fully saturated rings. The van der Waals surface area contributed by atoms with E-state index in [-0.39, 0.29) is 18.6 Å². The number of nitrogens with one attached hydrogen (secondary N) is 2. The van der Waals surface area contributed by atoms with Gasteiger partial charge >= 0.3 is 18.1 Å². The Morgan fingerprint density at radius 3 is 2.65 bits per heavy atom. The first kappa shape index (κ1) is 14.4. The lowest BCUT2D eigenvalue weighted by molar-refractivity contribution is -0.143. The maximum Gasteiger partial charge on any atom is 0.407 e. The first-order chi connectivity index (χ1) is 9.47. The van der Waals surface area contributed by atoms with Crippen LogP contribution in [0.3, 0.4) is 0 Å². The van der Waals surface area contributed by atoms with Gasteiger partial charge in [-0.3, -0.25) is 4.79 Å². The van der Waals surface area contributed by atoms with Gasteiger partial charge in [0.15, 0.2) is 0 Å². The molecule has 1 heterocycles. The van der Waals surface area contributed by atoms with Crippen LogP contribution < -0.4 is 10.6 Å². The van der Waals surface area contributed by atoms with E-state index in [1.165, 1.54) is 7.11 Å². The molecule has 3 amide bonds. The van der Waals surface area contributed by atoms with E-state index >= 15 is 0 Å². The summed E-state index contributed by atoms with van der Waals surface area (Å²) in [5.74, 6) is -0.857. The summed E-state index contributed by atoms with van der Waals surface area (Å²) in [6, 6.07) is -0.408. The summed E-state index contributed by atoms with van der Waals surface area (Å²) in [6.07, 6.45) is 1.36. The van der Waals surface area contributed by atoms with Crippen molar-refractivity contribution in [1.82, 2.24) is 15.5 Å². The molecule has 2 rings (SSSR count). The summed E-state index contributed by atoms with van der Waals surface area (Å²) in [4.78, 5) is 35.6. The molecule has 8 nitrogen and oxygen atoms in total. The Labute approximate surface area is 116 Å². The lowest BCUT2D eigenvalue weighted by Crippen LogP contribution is -2.44. The molecule has 112 valence electrons. The normalized spacial score (nSPS) is 23.1. The molecule has 1 saturated heterocycles. The molecule has 0 aromatic rings. The molecule has 0 radical (unpaired) electrons. The Balaban J connectivity index is 1.74. The zero-order valence-electron chi connectivity index (χ0n) is 11.3. The molecule has 0 aromatic carbocycles. The number of methoxy groups -OCH3 is 1. The molecular formula is C12H19N3O5. The third-order valence-electron chi connectivity index (χ3n) is 3.87. The third kappa shape index (κ3) is 3.12. The van der Waals surface area contributed by atoms with Gasteiger partial charge < -0.3 is 25.4 Å². The molecule has 3 N–H and O–H groups in total. The zero-order valence-corrected chi connectivity index (χ0v) is 11.3. The fourth-order valence-corrected chi connectivity index (χ4v) is 2.26. The van der Waals surface area contributed by atoms with Crippen LogP contribution in [0.1, 0.15) is 19.3 Å². The predicted molar refractivity (Wildman–Crippen MR) is 68.2 cm³/mol. The van der Waals surface area contributed by atoms with Gasteiger partial charge in [-0.1, -0.05) is 0 Å². The van der Waals surface area contributed by atoms with Gasteiger partial charge in [0, 0.05) is 19.6 Å². The SMILES string of the molecule is COC(=O)NC1CCN(C(=O)NCC2(C(=O)O)CC2)C1. The first-order valence-electron chi connectivity index (χ1n) is 6.57. The van der Waals surface area contributed by atoms with Gasteiger partial charge in [0.2, 0.25) is 0 Å². The topological polar surface area (TPSA) is 108 Å². The fraction of sp³-hybridized carbons (Fsp3) is 0.750. The van der Waals surface area contributed by atoms with Crippen molar-refractivity contribution in [3.63, 3.8) is 0 Å². The lowest BCUT2D eigenvalue weighted by atomic mass is 10.1. The summed E-state index contributed by atoms with van der Waals surface area (Å²) < 4.78 is 4.50. The van der Waals surface area contributed by atoms with Crippen LogP contribution in [0.15, 0.2) is 0 Å². The number of nitrogens with zero attached hydrogens (tertiary/aromatic N) is 1. The minimum Gasteiger partial charge on any atom is -0.481 e. The molecule has 1 aliphatic carbocycles. The number of alkyl carbamates (subject to hydrolysis) is 1. The second kappa shape index (κ2) is 5.56. The highest BCUT2D eigenvalue weighted by Gasteiger charge is 2.50. The summed E-state index contributed by atoms with van der Waals surface area (Å²) in [5, 5.41) is 14.3. The van der Waals surface area contributed by atoms with Crippen LogP contribution in [0.25, 0.3) is 0 Å². The Kier molecular flexibility index (Phi) is 4.01. The van der Waals surface area contributed by atoms with Crippen LogP contribution >= 0.6 is 0 Å². The molecule has 1 saturated carbocycles. The van der Waals surface area contributed by atoms with Crippen LogP contribution in [0.2, 0.25) is 0 Å².